The molecule has 1 aliphatic heterocycles. The normalized spacial score (nSPS) is 15.0. The van der Waals surface area contributed by atoms with E-state index in [1.165, 1.54) is 5.56 Å². The van der Waals surface area contributed by atoms with Crippen molar-refractivity contribution in [3.8, 4) is 0 Å². The maximum Gasteiger partial charge on any atom is 0.231 e. The number of fused-ring (bicyclic) bond motifs is 1. The predicted molar refractivity (Wildman–Crippen MR) is 89.9 cm³/mol. The molecule has 1 atom stereocenters. The quantitative estimate of drug-likeness (QED) is 0.920. The Hall–Kier alpha value is -2.13. The number of rotatable bonds is 5. The Labute approximate surface area is 131 Å². The van der Waals surface area contributed by atoms with Crippen LogP contribution >= 0.6 is 0 Å². The first-order chi connectivity index (χ1) is 10.7. The number of hydrogen-bond acceptors (Lipinski definition) is 2. The summed E-state index contributed by atoms with van der Waals surface area (Å²) in [5.74, 6) is 0.188. The van der Waals surface area contributed by atoms with Gasteiger partial charge in [-0.25, -0.2) is 0 Å². The highest BCUT2D eigenvalue weighted by Crippen LogP contribution is 2.31. The summed E-state index contributed by atoms with van der Waals surface area (Å²) < 4.78 is 0. The molecule has 22 heavy (non-hydrogen) atoms. The van der Waals surface area contributed by atoms with Crippen LogP contribution in [0.25, 0.3) is 0 Å². The van der Waals surface area contributed by atoms with Crippen molar-refractivity contribution in [1.29, 1.82) is 0 Å². The zero-order valence-corrected chi connectivity index (χ0v) is 13.0. The summed E-state index contributed by atoms with van der Waals surface area (Å²) in [5, 5.41) is 0. The Morgan fingerprint density at radius 1 is 1.18 bits per heavy atom. The second-order valence-corrected chi connectivity index (χ2v) is 5.83. The molecule has 0 saturated heterocycles. The Kier molecular flexibility index (Phi) is 4.25. The van der Waals surface area contributed by atoms with Gasteiger partial charge in [0.25, 0.3) is 0 Å². The zero-order valence-electron chi connectivity index (χ0n) is 13.0. The molecule has 2 aromatic rings. The van der Waals surface area contributed by atoms with Gasteiger partial charge < -0.3 is 10.6 Å². The van der Waals surface area contributed by atoms with Gasteiger partial charge in [-0.3, -0.25) is 4.79 Å². The number of carbonyl (C=O) groups is 1. The van der Waals surface area contributed by atoms with Crippen molar-refractivity contribution in [3.63, 3.8) is 0 Å². The first kappa shape index (κ1) is 14.8. The third-order valence-corrected chi connectivity index (χ3v) is 4.37. The third kappa shape index (κ3) is 2.90. The van der Waals surface area contributed by atoms with Crippen molar-refractivity contribution < 1.29 is 4.79 Å². The molecule has 0 saturated carbocycles. The Morgan fingerprint density at radius 3 is 2.68 bits per heavy atom. The molecule has 3 nitrogen and oxygen atoms in total. The Bertz CT molecular complexity index is 666. The van der Waals surface area contributed by atoms with Crippen molar-refractivity contribution in [2.45, 2.75) is 32.2 Å². The van der Waals surface area contributed by atoms with Gasteiger partial charge in [0, 0.05) is 18.3 Å². The molecule has 0 spiro atoms. The van der Waals surface area contributed by atoms with E-state index in [2.05, 4.69) is 36.4 Å². The second kappa shape index (κ2) is 6.32. The molecular weight excluding hydrogens is 272 g/mol. The number of likely N-dealkylation sites (N-methyl/N-ethyl adjacent to an activating group) is 1. The molecule has 0 aliphatic carbocycles. The van der Waals surface area contributed by atoms with Crippen molar-refractivity contribution in [1.82, 2.24) is 0 Å². The number of hydrogen-bond donors (Lipinski definition) is 1. The van der Waals surface area contributed by atoms with Crippen LogP contribution in [-0.4, -0.2) is 12.5 Å². The van der Waals surface area contributed by atoms with Crippen molar-refractivity contribution in [2.75, 3.05) is 11.4 Å². The molecule has 3 rings (SSSR count). The van der Waals surface area contributed by atoms with Crippen molar-refractivity contribution in [2.24, 2.45) is 5.73 Å². The lowest BCUT2D eigenvalue weighted by Gasteiger charge is -2.16. The summed E-state index contributed by atoms with van der Waals surface area (Å²) in [4.78, 5) is 13.8. The topological polar surface area (TPSA) is 46.3 Å². The Morgan fingerprint density at radius 2 is 1.95 bits per heavy atom. The van der Waals surface area contributed by atoms with E-state index in [0.29, 0.717) is 6.42 Å². The lowest BCUT2D eigenvalue weighted by Crippen LogP contribution is -2.25. The van der Waals surface area contributed by atoms with Crippen molar-refractivity contribution >= 4 is 11.6 Å². The van der Waals surface area contributed by atoms with E-state index in [4.69, 9.17) is 5.73 Å². The van der Waals surface area contributed by atoms with E-state index in [1.807, 2.05) is 24.0 Å². The van der Waals surface area contributed by atoms with Crippen LogP contribution in [0, 0.1) is 0 Å². The lowest BCUT2D eigenvalue weighted by molar-refractivity contribution is -0.117. The number of amides is 1. The fourth-order valence-corrected chi connectivity index (χ4v) is 3.11. The van der Waals surface area contributed by atoms with E-state index in [9.17, 15) is 4.79 Å². The molecule has 0 aromatic heterocycles. The highest BCUT2D eigenvalue weighted by molar-refractivity contribution is 6.01. The van der Waals surface area contributed by atoms with Crippen LogP contribution in [0.5, 0.6) is 0 Å². The fraction of sp³-hybridized carbons (Fsp3) is 0.316. The average molecular weight is 294 g/mol. The molecule has 3 heteroatoms. The van der Waals surface area contributed by atoms with E-state index in [1.54, 1.807) is 0 Å². The van der Waals surface area contributed by atoms with Gasteiger partial charge in [-0.05, 0) is 42.5 Å². The molecule has 1 aliphatic rings. The SMILES string of the molecule is CCN1C(=O)Cc2cc(C(N)CCc3ccccc3)ccc21. The van der Waals surface area contributed by atoms with Crippen LogP contribution in [0.1, 0.15) is 36.1 Å². The average Bonchev–Trinajstić information content (AvgIpc) is 2.87. The second-order valence-electron chi connectivity index (χ2n) is 5.83. The molecular formula is C19H22N2O. The maximum absolute atomic E-state index is 11.9. The first-order valence-corrected chi connectivity index (χ1v) is 7.91. The van der Waals surface area contributed by atoms with Gasteiger partial charge in [-0.15, -0.1) is 0 Å². The van der Waals surface area contributed by atoms with Crippen LogP contribution in [0.4, 0.5) is 5.69 Å². The highest BCUT2D eigenvalue weighted by Gasteiger charge is 2.26. The number of nitrogens with two attached hydrogens (primary N) is 1. The minimum absolute atomic E-state index is 0.0104. The van der Waals surface area contributed by atoms with Gasteiger partial charge in [0.15, 0.2) is 0 Å². The number of aryl methyl sites for hydroxylation is 1. The van der Waals surface area contributed by atoms with Crippen molar-refractivity contribution in [3.05, 3.63) is 65.2 Å². The molecule has 1 unspecified atom stereocenters. The minimum Gasteiger partial charge on any atom is -0.324 e. The summed E-state index contributed by atoms with van der Waals surface area (Å²) in [7, 11) is 0. The maximum atomic E-state index is 11.9. The van der Waals surface area contributed by atoms with Gasteiger partial charge in [0.1, 0.15) is 0 Å². The van der Waals surface area contributed by atoms with Gasteiger partial charge in [-0.1, -0.05) is 42.5 Å². The summed E-state index contributed by atoms with van der Waals surface area (Å²) in [6.07, 6.45) is 2.38. The van der Waals surface area contributed by atoms with Crippen LogP contribution in [-0.2, 0) is 17.6 Å². The molecule has 1 amide bonds. The van der Waals surface area contributed by atoms with Crippen LogP contribution in [0.3, 0.4) is 0 Å². The van der Waals surface area contributed by atoms with E-state index >= 15 is 0 Å². The summed E-state index contributed by atoms with van der Waals surface area (Å²) >= 11 is 0. The largest absolute Gasteiger partial charge is 0.324 e. The third-order valence-electron chi connectivity index (χ3n) is 4.37. The highest BCUT2D eigenvalue weighted by atomic mass is 16.2. The molecule has 2 N–H and O–H groups in total. The minimum atomic E-state index is 0.0104. The number of nitrogens with zero attached hydrogens (tertiary/aromatic N) is 1. The molecule has 2 aromatic carbocycles. The number of carbonyl (C=O) groups excluding carboxylic acids is 1. The molecule has 0 bridgehead atoms. The van der Waals surface area contributed by atoms with Crippen LogP contribution in [0.15, 0.2) is 48.5 Å². The summed E-state index contributed by atoms with van der Waals surface area (Å²) in [6.45, 7) is 2.73. The lowest BCUT2D eigenvalue weighted by atomic mass is 9.97. The Balaban J connectivity index is 1.71. The van der Waals surface area contributed by atoms with E-state index in [-0.39, 0.29) is 11.9 Å². The molecule has 1 heterocycles. The molecule has 0 fully saturated rings. The zero-order chi connectivity index (χ0) is 15.5. The number of anilines is 1. The summed E-state index contributed by atoms with van der Waals surface area (Å²) in [6, 6.07) is 16.6. The van der Waals surface area contributed by atoms with Crippen LogP contribution < -0.4 is 10.6 Å². The molecule has 114 valence electrons. The van der Waals surface area contributed by atoms with Gasteiger partial charge in [0.2, 0.25) is 5.91 Å². The number of benzene rings is 2. The van der Waals surface area contributed by atoms with Crippen LogP contribution in [0.2, 0.25) is 0 Å². The summed E-state index contributed by atoms with van der Waals surface area (Å²) in [5.41, 5.74) is 10.9. The fourth-order valence-electron chi connectivity index (χ4n) is 3.11. The first-order valence-electron chi connectivity index (χ1n) is 7.91. The van der Waals surface area contributed by atoms with Gasteiger partial charge >= 0.3 is 0 Å². The monoisotopic (exact) mass is 294 g/mol. The standard InChI is InChI=1S/C19H22N2O/c1-2-21-18-11-9-15(12-16(18)13-19(21)22)17(20)10-8-14-6-4-3-5-7-14/h3-7,9,11-12,17H,2,8,10,13,20H2,1H3. The smallest absolute Gasteiger partial charge is 0.231 e. The van der Waals surface area contributed by atoms with E-state index < -0.39 is 0 Å². The predicted octanol–water partition coefficient (Wildman–Crippen LogP) is 3.23. The molecule has 0 radical (unpaired) electrons. The van der Waals surface area contributed by atoms with Gasteiger partial charge in [0.05, 0.1) is 6.42 Å². The van der Waals surface area contributed by atoms with Gasteiger partial charge in [-0.2, -0.15) is 0 Å². The van der Waals surface area contributed by atoms with E-state index in [0.717, 1.165) is 36.2 Å².